The molecule has 0 unspecified atom stereocenters. The Bertz CT molecular complexity index is 627. The van der Waals surface area contributed by atoms with Crippen molar-refractivity contribution in [1.82, 2.24) is 4.90 Å². The zero-order chi connectivity index (χ0) is 16.5. The molecule has 1 saturated heterocycles. The first kappa shape index (κ1) is 15.5. The van der Waals surface area contributed by atoms with Gasteiger partial charge in [-0.25, -0.2) is 0 Å². The first-order chi connectivity index (χ1) is 10.0. The van der Waals surface area contributed by atoms with Gasteiger partial charge in [0.15, 0.2) is 0 Å². The van der Waals surface area contributed by atoms with Crippen molar-refractivity contribution in [2.45, 2.75) is 66.8 Å². The van der Waals surface area contributed by atoms with E-state index in [-0.39, 0.29) is 23.3 Å². The number of carbonyl (C=O) groups excluding carboxylic acids is 2. The number of hydrogen-bond acceptors (Lipinski definition) is 2. The van der Waals surface area contributed by atoms with Crippen LogP contribution in [0.25, 0.3) is 0 Å². The van der Waals surface area contributed by atoms with E-state index >= 15 is 0 Å². The Labute approximate surface area is 133 Å². The van der Waals surface area contributed by atoms with Crippen LogP contribution in [-0.4, -0.2) is 22.8 Å². The molecule has 2 amide bonds. The van der Waals surface area contributed by atoms with Crippen molar-refractivity contribution >= 4 is 11.8 Å². The molecule has 0 aromatic carbocycles. The van der Waals surface area contributed by atoms with Gasteiger partial charge in [-0.1, -0.05) is 44.1 Å². The fraction of sp³-hybridized carbons (Fsp3) is 0.684. The zero-order valence-corrected chi connectivity index (χ0v) is 14.6. The molecule has 0 N–H and O–H groups in total. The minimum Gasteiger partial charge on any atom is -0.274 e. The monoisotopic (exact) mass is 301 g/mol. The summed E-state index contributed by atoms with van der Waals surface area (Å²) >= 11 is 0. The molecule has 3 nitrogen and oxygen atoms in total. The van der Waals surface area contributed by atoms with Crippen molar-refractivity contribution in [3.05, 3.63) is 23.3 Å². The van der Waals surface area contributed by atoms with E-state index in [0.29, 0.717) is 0 Å². The molecular weight excluding hydrogens is 274 g/mol. The summed E-state index contributed by atoms with van der Waals surface area (Å²) in [5.74, 6) is 0.00986. The van der Waals surface area contributed by atoms with Crippen LogP contribution in [0.2, 0.25) is 0 Å². The molecule has 0 radical (unpaired) electrons. The second-order valence-electron chi connectivity index (χ2n) is 8.51. The van der Waals surface area contributed by atoms with Crippen LogP contribution in [0.15, 0.2) is 23.3 Å². The van der Waals surface area contributed by atoms with Crippen molar-refractivity contribution in [2.24, 2.45) is 16.2 Å². The van der Waals surface area contributed by atoms with E-state index in [2.05, 4.69) is 33.8 Å². The largest absolute Gasteiger partial charge is 0.274 e. The van der Waals surface area contributed by atoms with Crippen molar-refractivity contribution in [1.29, 1.82) is 0 Å². The van der Waals surface area contributed by atoms with Gasteiger partial charge < -0.3 is 0 Å². The average molecular weight is 301 g/mol. The first-order valence-corrected chi connectivity index (χ1v) is 8.27. The summed E-state index contributed by atoms with van der Waals surface area (Å²) in [6.45, 7) is 12.5. The Morgan fingerprint density at radius 3 is 2.32 bits per heavy atom. The SMILES string of the molecule is CC1=C(C)C[C@@](C)(C(=O)N2C(=O)[C@]3(C)C=C[C@H]2C3(C)C)CC1. The first-order valence-electron chi connectivity index (χ1n) is 8.27. The van der Waals surface area contributed by atoms with Crippen LogP contribution in [0.5, 0.6) is 0 Å². The highest BCUT2D eigenvalue weighted by molar-refractivity contribution is 6.05. The third-order valence-corrected chi connectivity index (χ3v) is 6.80. The Kier molecular flexibility index (Phi) is 3.06. The van der Waals surface area contributed by atoms with Gasteiger partial charge in [0.05, 0.1) is 16.9 Å². The number of imide groups is 1. The highest BCUT2D eigenvalue weighted by Crippen LogP contribution is 2.58. The summed E-state index contributed by atoms with van der Waals surface area (Å²) in [6, 6.07) is -0.0957. The van der Waals surface area contributed by atoms with Crippen LogP contribution in [-0.2, 0) is 9.59 Å². The molecule has 2 aliphatic carbocycles. The smallest absolute Gasteiger partial charge is 0.240 e. The fourth-order valence-electron chi connectivity index (χ4n) is 4.37. The number of nitrogens with zero attached hydrogens (tertiary/aromatic N) is 1. The molecule has 1 fully saturated rings. The Morgan fingerprint density at radius 2 is 1.82 bits per heavy atom. The number of amides is 2. The number of fused-ring (bicyclic) bond motifs is 2. The predicted molar refractivity (Wildman–Crippen MR) is 87.0 cm³/mol. The highest BCUT2D eigenvalue weighted by atomic mass is 16.2. The minimum absolute atomic E-state index is 0.0137. The van der Waals surface area contributed by atoms with Crippen molar-refractivity contribution in [3.8, 4) is 0 Å². The lowest BCUT2D eigenvalue weighted by Gasteiger charge is -2.38. The second kappa shape index (κ2) is 4.33. The lowest BCUT2D eigenvalue weighted by molar-refractivity contribution is -0.153. The van der Waals surface area contributed by atoms with Gasteiger partial charge in [0.1, 0.15) is 0 Å². The van der Waals surface area contributed by atoms with Gasteiger partial charge in [-0.2, -0.15) is 0 Å². The maximum Gasteiger partial charge on any atom is 0.240 e. The normalized spacial score (nSPS) is 39.8. The van der Waals surface area contributed by atoms with Crippen LogP contribution in [0, 0.1) is 16.2 Å². The molecule has 3 atom stereocenters. The van der Waals surface area contributed by atoms with Crippen molar-refractivity contribution in [3.63, 3.8) is 0 Å². The van der Waals surface area contributed by atoms with Crippen molar-refractivity contribution < 1.29 is 9.59 Å². The summed E-state index contributed by atoms with van der Waals surface area (Å²) in [4.78, 5) is 27.7. The Hall–Kier alpha value is -1.38. The topological polar surface area (TPSA) is 37.4 Å². The van der Waals surface area contributed by atoms with Crippen LogP contribution < -0.4 is 0 Å². The number of likely N-dealkylation sites (tertiary alicyclic amines) is 1. The fourth-order valence-corrected chi connectivity index (χ4v) is 4.37. The molecule has 1 heterocycles. The lowest BCUT2D eigenvalue weighted by Crippen LogP contribution is -2.50. The van der Waals surface area contributed by atoms with E-state index in [0.717, 1.165) is 19.3 Å². The van der Waals surface area contributed by atoms with Gasteiger partial charge in [-0.3, -0.25) is 14.5 Å². The highest BCUT2D eigenvalue weighted by Gasteiger charge is 2.65. The summed E-state index contributed by atoms with van der Waals surface area (Å²) in [7, 11) is 0. The summed E-state index contributed by atoms with van der Waals surface area (Å²) in [5, 5.41) is 0. The molecule has 22 heavy (non-hydrogen) atoms. The van der Waals surface area contributed by atoms with Crippen LogP contribution in [0.4, 0.5) is 0 Å². The Balaban J connectivity index is 1.95. The van der Waals surface area contributed by atoms with Crippen LogP contribution in [0.1, 0.15) is 60.8 Å². The summed E-state index contributed by atoms with van der Waals surface area (Å²) < 4.78 is 0. The number of allylic oxidation sites excluding steroid dienone is 2. The minimum atomic E-state index is -0.543. The molecule has 0 saturated carbocycles. The molecule has 3 rings (SSSR count). The second-order valence-corrected chi connectivity index (χ2v) is 8.51. The zero-order valence-electron chi connectivity index (χ0n) is 14.6. The van der Waals surface area contributed by atoms with Crippen LogP contribution in [0.3, 0.4) is 0 Å². The van der Waals surface area contributed by atoms with E-state index < -0.39 is 10.8 Å². The molecule has 1 aliphatic heterocycles. The van der Waals surface area contributed by atoms with E-state index in [1.807, 2.05) is 19.9 Å². The van der Waals surface area contributed by atoms with Gasteiger partial charge >= 0.3 is 0 Å². The molecule has 2 bridgehead atoms. The molecule has 3 aliphatic rings. The lowest BCUT2D eigenvalue weighted by atomic mass is 9.70. The molecule has 0 spiro atoms. The molecule has 0 aromatic heterocycles. The van der Waals surface area contributed by atoms with E-state index in [1.165, 1.54) is 11.1 Å². The third-order valence-electron chi connectivity index (χ3n) is 6.80. The van der Waals surface area contributed by atoms with E-state index in [9.17, 15) is 9.59 Å². The number of hydrogen-bond donors (Lipinski definition) is 0. The number of carbonyl (C=O) groups is 2. The summed E-state index contributed by atoms with van der Waals surface area (Å²) in [6.07, 6.45) is 6.63. The van der Waals surface area contributed by atoms with Gasteiger partial charge in [-0.05, 0) is 40.0 Å². The third kappa shape index (κ3) is 1.68. The summed E-state index contributed by atoms with van der Waals surface area (Å²) in [5.41, 5.74) is 1.50. The van der Waals surface area contributed by atoms with Gasteiger partial charge in [0.25, 0.3) is 0 Å². The van der Waals surface area contributed by atoms with Crippen molar-refractivity contribution in [2.75, 3.05) is 0 Å². The van der Waals surface area contributed by atoms with Gasteiger partial charge in [0.2, 0.25) is 11.8 Å². The van der Waals surface area contributed by atoms with E-state index in [4.69, 9.17) is 0 Å². The standard InChI is InChI=1S/C19H27NO2/c1-12-7-9-18(5,11-13(12)2)15(21)20-14-8-10-19(6,16(20)22)17(14,3)4/h8,10,14H,7,9,11H2,1-6H3/t14-,18-,19-/m0/s1. The van der Waals surface area contributed by atoms with Crippen LogP contribution >= 0.6 is 0 Å². The number of rotatable bonds is 1. The molecule has 3 heteroatoms. The Morgan fingerprint density at radius 1 is 1.18 bits per heavy atom. The van der Waals surface area contributed by atoms with Gasteiger partial charge in [-0.15, -0.1) is 0 Å². The van der Waals surface area contributed by atoms with E-state index in [1.54, 1.807) is 4.90 Å². The maximum absolute atomic E-state index is 13.3. The maximum atomic E-state index is 13.3. The molecule has 120 valence electrons. The molecule has 0 aromatic rings. The average Bonchev–Trinajstić information content (AvgIpc) is 2.75. The quantitative estimate of drug-likeness (QED) is 0.545. The van der Waals surface area contributed by atoms with Gasteiger partial charge in [0, 0.05) is 5.41 Å². The predicted octanol–water partition coefficient (Wildman–Crippen LogP) is 3.85. The molecular formula is C19H27NO2.